The molecule has 2 amide bonds. The van der Waals surface area contributed by atoms with Crippen LogP contribution in [0.25, 0.3) is 0 Å². The van der Waals surface area contributed by atoms with E-state index in [2.05, 4.69) is 24.5 Å². The van der Waals surface area contributed by atoms with Crippen LogP contribution in [0.15, 0.2) is 0 Å². The van der Waals surface area contributed by atoms with Gasteiger partial charge in [-0.1, -0.05) is 26.7 Å². The summed E-state index contributed by atoms with van der Waals surface area (Å²) in [5.41, 5.74) is -0.643. The molecular weight excluding hydrogens is 388 g/mol. The van der Waals surface area contributed by atoms with Crippen molar-refractivity contribution in [1.29, 1.82) is 0 Å². The second kappa shape index (κ2) is 11.5. The van der Waals surface area contributed by atoms with Crippen LogP contribution in [0.4, 0.5) is 4.79 Å². The number of carbonyl (C=O) groups is 3. The summed E-state index contributed by atoms with van der Waals surface area (Å²) in [6.45, 7) is 11.6. The lowest BCUT2D eigenvalue weighted by Crippen LogP contribution is -2.43. The number of hydrogen-bond donors (Lipinski definition) is 3. The molecule has 6 atom stereocenters. The van der Waals surface area contributed by atoms with Crippen molar-refractivity contribution in [1.82, 2.24) is 10.6 Å². The van der Waals surface area contributed by atoms with Gasteiger partial charge in [-0.05, 0) is 45.4 Å². The topological polar surface area (TPSA) is 114 Å². The molecule has 0 saturated heterocycles. The first-order valence-electron chi connectivity index (χ1n) is 10.9. The molecule has 1 rings (SSSR count). The van der Waals surface area contributed by atoms with Crippen LogP contribution in [0.1, 0.15) is 67.2 Å². The lowest BCUT2D eigenvalue weighted by Gasteiger charge is -2.31. The largest absolute Gasteiger partial charge is 0.469 e. The van der Waals surface area contributed by atoms with Gasteiger partial charge in [0.05, 0.1) is 19.1 Å². The zero-order valence-electron chi connectivity index (χ0n) is 19.5. The van der Waals surface area contributed by atoms with Crippen LogP contribution in [-0.4, -0.2) is 54.5 Å². The predicted octanol–water partition coefficient (Wildman–Crippen LogP) is 2.63. The van der Waals surface area contributed by atoms with E-state index in [4.69, 9.17) is 9.47 Å². The summed E-state index contributed by atoms with van der Waals surface area (Å²) in [7, 11) is 1.30. The van der Waals surface area contributed by atoms with Crippen LogP contribution < -0.4 is 10.6 Å². The summed E-state index contributed by atoms with van der Waals surface area (Å²) in [5, 5.41) is 16.6. The molecule has 0 aliphatic heterocycles. The summed E-state index contributed by atoms with van der Waals surface area (Å²) in [6, 6.07) is -0.397. The van der Waals surface area contributed by atoms with Gasteiger partial charge in [-0.3, -0.25) is 9.59 Å². The number of alkyl carbamates (subject to hydrolysis) is 1. The first-order valence-corrected chi connectivity index (χ1v) is 10.9. The van der Waals surface area contributed by atoms with Gasteiger partial charge in [-0.2, -0.15) is 0 Å². The Kier molecular flexibility index (Phi) is 10.1. The van der Waals surface area contributed by atoms with Crippen molar-refractivity contribution in [2.24, 2.45) is 23.7 Å². The maximum atomic E-state index is 12.4. The summed E-state index contributed by atoms with van der Waals surface area (Å²) < 4.78 is 10.2. The van der Waals surface area contributed by atoms with Gasteiger partial charge in [-0.25, -0.2) is 4.79 Å². The lowest BCUT2D eigenvalue weighted by molar-refractivity contribution is -0.149. The third kappa shape index (κ3) is 8.13. The van der Waals surface area contributed by atoms with E-state index in [9.17, 15) is 19.5 Å². The first-order chi connectivity index (χ1) is 13.9. The van der Waals surface area contributed by atoms with Gasteiger partial charge in [0.25, 0.3) is 0 Å². The van der Waals surface area contributed by atoms with Crippen LogP contribution in [0.2, 0.25) is 0 Å². The van der Waals surface area contributed by atoms with Gasteiger partial charge in [0.2, 0.25) is 5.91 Å². The molecule has 1 aliphatic rings. The Morgan fingerprint density at radius 3 is 2.37 bits per heavy atom. The number of hydrogen-bond acceptors (Lipinski definition) is 6. The molecule has 1 fully saturated rings. The maximum Gasteiger partial charge on any atom is 0.407 e. The molecular formula is C22H40N2O6. The first kappa shape index (κ1) is 26.2. The van der Waals surface area contributed by atoms with Crippen LogP contribution in [-0.2, 0) is 19.1 Å². The van der Waals surface area contributed by atoms with E-state index >= 15 is 0 Å². The summed E-state index contributed by atoms with van der Waals surface area (Å²) >= 11 is 0. The number of esters is 1. The second-order valence-corrected chi connectivity index (χ2v) is 9.47. The molecule has 1 aliphatic carbocycles. The molecule has 0 aromatic carbocycles. The van der Waals surface area contributed by atoms with Crippen molar-refractivity contribution in [3.8, 4) is 0 Å². The third-order valence-electron chi connectivity index (χ3n) is 5.79. The molecule has 0 aromatic rings. The third-order valence-corrected chi connectivity index (χ3v) is 5.79. The number of carbonyl (C=O) groups excluding carboxylic acids is 3. The van der Waals surface area contributed by atoms with E-state index in [0.29, 0.717) is 19.4 Å². The van der Waals surface area contributed by atoms with E-state index in [1.54, 1.807) is 20.8 Å². The van der Waals surface area contributed by atoms with Crippen molar-refractivity contribution in [3.63, 3.8) is 0 Å². The zero-order chi connectivity index (χ0) is 23.1. The van der Waals surface area contributed by atoms with Gasteiger partial charge in [0.15, 0.2) is 0 Å². The van der Waals surface area contributed by atoms with Crippen LogP contribution in [0.3, 0.4) is 0 Å². The Hall–Kier alpha value is -1.83. The Labute approximate surface area is 180 Å². The highest BCUT2D eigenvalue weighted by molar-refractivity contribution is 5.74. The number of amides is 2. The summed E-state index contributed by atoms with van der Waals surface area (Å²) in [5.74, 6) is -1.13. The standard InChI is InChI=1S/C22H40N2O6/c1-8-9-15(13(2)12-23-14(3)25)10-16-18(24-21(28)30-22(4,5)6)11-17(19(16)26)20(27)29-7/h13,15-19,26H,8-12H2,1-7H3,(H,23,25)(H,24,28)/t13?,15-,16+,17?,18+,19?/m0/s1. The zero-order valence-corrected chi connectivity index (χ0v) is 19.5. The van der Waals surface area contributed by atoms with E-state index in [0.717, 1.165) is 12.8 Å². The summed E-state index contributed by atoms with van der Waals surface area (Å²) in [4.78, 5) is 35.8. The van der Waals surface area contributed by atoms with Crippen LogP contribution >= 0.6 is 0 Å². The molecule has 30 heavy (non-hydrogen) atoms. The van der Waals surface area contributed by atoms with Gasteiger partial charge in [0.1, 0.15) is 5.60 Å². The van der Waals surface area contributed by atoms with Gasteiger partial charge in [-0.15, -0.1) is 0 Å². The van der Waals surface area contributed by atoms with Crippen molar-refractivity contribution in [2.75, 3.05) is 13.7 Å². The van der Waals surface area contributed by atoms with Crippen molar-refractivity contribution in [3.05, 3.63) is 0 Å². The van der Waals surface area contributed by atoms with E-state index < -0.39 is 35.7 Å². The second-order valence-electron chi connectivity index (χ2n) is 9.47. The highest BCUT2D eigenvalue weighted by Gasteiger charge is 2.48. The highest BCUT2D eigenvalue weighted by atomic mass is 16.6. The quantitative estimate of drug-likeness (QED) is 0.487. The normalized spacial score (nSPS) is 25.9. The molecule has 3 N–H and O–H groups in total. The Morgan fingerprint density at radius 2 is 1.87 bits per heavy atom. The van der Waals surface area contributed by atoms with Crippen molar-refractivity contribution >= 4 is 18.0 Å². The Balaban J connectivity index is 2.99. The molecule has 174 valence electrons. The molecule has 0 aromatic heterocycles. The smallest absolute Gasteiger partial charge is 0.407 e. The van der Waals surface area contributed by atoms with E-state index in [-0.39, 0.29) is 23.7 Å². The average Bonchev–Trinajstić information content (AvgIpc) is 2.92. The van der Waals surface area contributed by atoms with Gasteiger partial charge in [0, 0.05) is 25.4 Å². The Morgan fingerprint density at radius 1 is 1.23 bits per heavy atom. The fraction of sp³-hybridized carbons (Fsp3) is 0.864. The van der Waals surface area contributed by atoms with E-state index in [1.165, 1.54) is 14.0 Å². The van der Waals surface area contributed by atoms with Crippen LogP contribution in [0, 0.1) is 23.7 Å². The predicted molar refractivity (Wildman–Crippen MR) is 114 cm³/mol. The monoisotopic (exact) mass is 428 g/mol. The molecule has 8 nitrogen and oxygen atoms in total. The van der Waals surface area contributed by atoms with Crippen molar-refractivity contribution < 1.29 is 29.0 Å². The van der Waals surface area contributed by atoms with Crippen LogP contribution in [0.5, 0.6) is 0 Å². The fourth-order valence-electron chi connectivity index (χ4n) is 4.27. The minimum absolute atomic E-state index is 0.0757. The number of aliphatic hydroxyl groups excluding tert-OH is 1. The number of methoxy groups -OCH3 is 1. The number of rotatable bonds is 9. The molecule has 3 unspecified atom stereocenters. The van der Waals surface area contributed by atoms with Gasteiger partial charge < -0.3 is 25.2 Å². The van der Waals surface area contributed by atoms with Gasteiger partial charge >= 0.3 is 12.1 Å². The molecule has 0 radical (unpaired) electrons. The molecule has 8 heteroatoms. The molecule has 0 bridgehead atoms. The highest BCUT2D eigenvalue weighted by Crippen LogP contribution is 2.39. The Bertz CT molecular complexity index is 589. The van der Waals surface area contributed by atoms with E-state index in [1.807, 2.05) is 0 Å². The molecule has 1 saturated carbocycles. The average molecular weight is 429 g/mol. The molecule has 0 heterocycles. The fourth-order valence-corrected chi connectivity index (χ4v) is 4.27. The summed E-state index contributed by atoms with van der Waals surface area (Å²) in [6.07, 6.45) is 1.34. The minimum Gasteiger partial charge on any atom is -0.469 e. The molecule has 0 spiro atoms. The maximum absolute atomic E-state index is 12.4. The SMILES string of the molecule is CCC[C@@H](C[C@H]1C(O)C(C(=O)OC)C[C@H]1NC(=O)OC(C)(C)C)C(C)CNC(C)=O. The minimum atomic E-state index is -0.912. The number of ether oxygens (including phenoxy) is 2. The lowest BCUT2D eigenvalue weighted by atomic mass is 9.79. The number of aliphatic hydroxyl groups is 1. The van der Waals surface area contributed by atoms with Crippen molar-refractivity contribution in [2.45, 2.75) is 85.0 Å². The number of nitrogens with one attached hydrogen (secondary N) is 2.